The van der Waals surface area contributed by atoms with Crippen LogP contribution in [0.4, 0.5) is 0 Å². The molecule has 0 saturated carbocycles. The molecule has 1 amide bonds. The zero-order valence-electron chi connectivity index (χ0n) is 16.9. The average Bonchev–Trinajstić information content (AvgIpc) is 2.73. The van der Waals surface area contributed by atoms with Crippen molar-refractivity contribution in [2.45, 2.75) is 38.8 Å². The molecule has 6 heteroatoms. The van der Waals surface area contributed by atoms with Gasteiger partial charge >= 0.3 is 0 Å². The fourth-order valence-electron chi connectivity index (χ4n) is 4.09. The summed E-state index contributed by atoms with van der Waals surface area (Å²) in [5.74, 6) is 2.05. The number of carbonyl (C=O) groups is 1. The van der Waals surface area contributed by atoms with Crippen LogP contribution in [0.25, 0.3) is 0 Å². The first kappa shape index (κ1) is 20.0. The Morgan fingerprint density at radius 1 is 1.00 bits per heavy atom. The molecule has 3 rings (SSSR count). The van der Waals surface area contributed by atoms with Gasteiger partial charge in [-0.25, -0.2) is 0 Å². The molecule has 1 aromatic carbocycles. The molecule has 2 saturated heterocycles. The van der Waals surface area contributed by atoms with Crippen molar-refractivity contribution in [1.82, 2.24) is 14.7 Å². The SMILES string of the molecule is COc1ccc(OC)c(CN2CCN(C(C)C(=O)N3CCCCC3)CC2)c1. The van der Waals surface area contributed by atoms with Crippen LogP contribution in [0.5, 0.6) is 11.5 Å². The molecule has 2 aliphatic rings. The molecule has 0 spiro atoms. The standard InChI is InChI=1S/C21H33N3O3/c1-17(21(25)24-9-5-4-6-10-24)23-13-11-22(12-14-23)16-18-15-19(26-2)7-8-20(18)27-3/h7-8,15,17H,4-6,9-14,16H2,1-3H3. The highest BCUT2D eigenvalue weighted by Gasteiger charge is 2.29. The third kappa shape index (κ3) is 4.93. The van der Waals surface area contributed by atoms with Gasteiger partial charge in [-0.15, -0.1) is 0 Å². The minimum Gasteiger partial charge on any atom is -0.497 e. The van der Waals surface area contributed by atoms with Gasteiger partial charge in [0.25, 0.3) is 0 Å². The van der Waals surface area contributed by atoms with Crippen LogP contribution in [-0.2, 0) is 11.3 Å². The van der Waals surface area contributed by atoms with Gasteiger partial charge in [-0.3, -0.25) is 14.6 Å². The van der Waals surface area contributed by atoms with E-state index >= 15 is 0 Å². The zero-order chi connectivity index (χ0) is 19.2. The normalized spacial score (nSPS) is 20.3. The van der Waals surface area contributed by atoms with E-state index in [1.807, 2.05) is 18.2 Å². The molecule has 2 aliphatic heterocycles. The molecule has 0 radical (unpaired) electrons. The van der Waals surface area contributed by atoms with Crippen molar-refractivity contribution in [3.8, 4) is 11.5 Å². The van der Waals surface area contributed by atoms with Crippen LogP contribution < -0.4 is 9.47 Å². The van der Waals surface area contributed by atoms with E-state index in [2.05, 4.69) is 21.6 Å². The number of rotatable bonds is 6. The zero-order valence-corrected chi connectivity index (χ0v) is 16.9. The fraction of sp³-hybridized carbons (Fsp3) is 0.667. The van der Waals surface area contributed by atoms with E-state index in [9.17, 15) is 4.79 Å². The van der Waals surface area contributed by atoms with Gasteiger partial charge in [-0.1, -0.05) is 0 Å². The van der Waals surface area contributed by atoms with Crippen molar-refractivity contribution in [3.63, 3.8) is 0 Å². The van der Waals surface area contributed by atoms with Crippen LogP contribution in [0.2, 0.25) is 0 Å². The van der Waals surface area contributed by atoms with Gasteiger partial charge in [0.05, 0.1) is 20.3 Å². The average molecular weight is 376 g/mol. The number of hydrogen-bond donors (Lipinski definition) is 0. The van der Waals surface area contributed by atoms with Crippen LogP contribution in [0.15, 0.2) is 18.2 Å². The highest BCUT2D eigenvalue weighted by molar-refractivity contribution is 5.81. The molecule has 2 fully saturated rings. The van der Waals surface area contributed by atoms with Gasteiger partial charge in [0.2, 0.25) is 5.91 Å². The van der Waals surface area contributed by atoms with Crippen molar-refractivity contribution in [2.24, 2.45) is 0 Å². The Labute approximate surface area is 163 Å². The number of hydrogen-bond acceptors (Lipinski definition) is 5. The van der Waals surface area contributed by atoms with Gasteiger partial charge in [0.1, 0.15) is 11.5 Å². The monoisotopic (exact) mass is 375 g/mol. The molecule has 0 aliphatic carbocycles. The van der Waals surface area contributed by atoms with E-state index in [-0.39, 0.29) is 6.04 Å². The van der Waals surface area contributed by atoms with Gasteiger partial charge in [-0.2, -0.15) is 0 Å². The quantitative estimate of drug-likeness (QED) is 0.763. The summed E-state index contributed by atoms with van der Waals surface area (Å²) in [5, 5.41) is 0. The maximum Gasteiger partial charge on any atom is 0.239 e. The minimum absolute atomic E-state index is 0.0170. The third-order valence-corrected chi connectivity index (χ3v) is 5.86. The van der Waals surface area contributed by atoms with Crippen LogP contribution >= 0.6 is 0 Å². The number of benzene rings is 1. The molecule has 2 heterocycles. The molecule has 6 nitrogen and oxygen atoms in total. The number of carbonyl (C=O) groups excluding carboxylic acids is 1. The van der Waals surface area contributed by atoms with E-state index in [1.54, 1.807) is 14.2 Å². The van der Waals surface area contributed by atoms with Crippen LogP contribution in [0.1, 0.15) is 31.7 Å². The van der Waals surface area contributed by atoms with Crippen molar-refractivity contribution in [1.29, 1.82) is 0 Å². The Kier molecular flexibility index (Phi) is 6.96. The van der Waals surface area contributed by atoms with E-state index in [0.29, 0.717) is 5.91 Å². The molecular formula is C21H33N3O3. The number of nitrogens with zero attached hydrogens (tertiary/aromatic N) is 3. The largest absolute Gasteiger partial charge is 0.497 e. The fourth-order valence-corrected chi connectivity index (χ4v) is 4.09. The molecule has 150 valence electrons. The Hall–Kier alpha value is -1.79. The molecule has 1 aromatic rings. The number of methoxy groups -OCH3 is 2. The summed E-state index contributed by atoms with van der Waals surface area (Å²) in [6, 6.07) is 5.92. The minimum atomic E-state index is -0.0170. The van der Waals surface area contributed by atoms with E-state index in [0.717, 1.165) is 75.7 Å². The predicted octanol–water partition coefficient (Wildman–Crippen LogP) is 2.22. The lowest BCUT2D eigenvalue weighted by Gasteiger charge is -2.39. The van der Waals surface area contributed by atoms with Crippen LogP contribution in [0, 0.1) is 0 Å². The third-order valence-electron chi connectivity index (χ3n) is 5.86. The molecule has 0 bridgehead atoms. The number of ether oxygens (including phenoxy) is 2. The topological polar surface area (TPSA) is 45.3 Å². The number of piperidine rings is 1. The Bertz CT molecular complexity index is 623. The Morgan fingerprint density at radius 3 is 2.33 bits per heavy atom. The van der Waals surface area contributed by atoms with Crippen molar-refractivity contribution < 1.29 is 14.3 Å². The highest BCUT2D eigenvalue weighted by atomic mass is 16.5. The number of likely N-dealkylation sites (tertiary alicyclic amines) is 1. The first-order valence-corrected chi connectivity index (χ1v) is 10.1. The predicted molar refractivity (Wildman–Crippen MR) is 106 cm³/mol. The van der Waals surface area contributed by atoms with Gasteiger partial charge < -0.3 is 14.4 Å². The van der Waals surface area contributed by atoms with Gasteiger partial charge in [-0.05, 0) is 44.4 Å². The van der Waals surface area contributed by atoms with Crippen LogP contribution in [-0.4, -0.2) is 80.1 Å². The highest BCUT2D eigenvalue weighted by Crippen LogP contribution is 2.26. The van der Waals surface area contributed by atoms with Crippen molar-refractivity contribution in [2.75, 3.05) is 53.5 Å². The van der Waals surface area contributed by atoms with Crippen molar-refractivity contribution >= 4 is 5.91 Å². The lowest BCUT2D eigenvalue weighted by molar-refractivity contribution is -0.138. The number of amides is 1. The van der Waals surface area contributed by atoms with Crippen molar-refractivity contribution in [3.05, 3.63) is 23.8 Å². The van der Waals surface area contributed by atoms with Gasteiger partial charge in [0, 0.05) is 51.4 Å². The first-order valence-electron chi connectivity index (χ1n) is 10.1. The molecule has 27 heavy (non-hydrogen) atoms. The summed E-state index contributed by atoms with van der Waals surface area (Å²) in [4.78, 5) is 19.6. The molecule has 0 aromatic heterocycles. The van der Waals surface area contributed by atoms with E-state index in [1.165, 1.54) is 6.42 Å². The lowest BCUT2D eigenvalue weighted by Crippen LogP contribution is -2.54. The van der Waals surface area contributed by atoms with Gasteiger partial charge in [0.15, 0.2) is 0 Å². The molecule has 1 atom stereocenters. The van der Waals surface area contributed by atoms with Crippen LogP contribution in [0.3, 0.4) is 0 Å². The maximum absolute atomic E-state index is 12.8. The Balaban J connectivity index is 1.53. The lowest BCUT2D eigenvalue weighted by atomic mass is 10.1. The summed E-state index contributed by atoms with van der Waals surface area (Å²) >= 11 is 0. The molecule has 1 unspecified atom stereocenters. The summed E-state index contributed by atoms with van der Waals surface area (Å²) in [6.45, 7) is 8.52. The number of piperazine rings is 1. The smallest absolute Gasteiger partial charge is 0.239 e. The second-order valence-electron chi connectivity index (χ2n) is 7.55. The first-order chi connectivity index (χ1) is 13.1. The molecular weight excluding hydrogens is 342 g/mol. The summed E-state index contributed by atoms with van der Waals surface area (Å²) < 4.78 is 10.9. The second-order valence-corrected chi connectivity index (χ2v) is 7.55. The van der Waals surface area contributed by atoms with E-state index in [4.69, 9.17) is 9.47 Å². The second kappa shape index (κ2) is 9.42. The summed E-state index contributed by atoms with van der Waals surface area (Å²) in [7, 11) is 3.39. The molecule has 0 N–H and O–H groups in total. The Morgan fingerprint density at radius 2 is 1.70 bits per heavy atom. The summed E-state index contributed by atoms with van der Waals surface area (Å²) in [6.07, 6.45) is 3.55. The van der Waals surface area contributed by atoms with E-state index < -0.39 is 0 Å². The maximum atomic E-state index is 12.8. The summed E-state index contributed by atoms with van der Waals surface area (Å²) in [5.41, 5.74) is 1.14.